The first-order valence-corrected chi connectivity index (χ1v) is 11.1. The highest BCUT2D eigenvalue weighted by atomic mass is 35.5. The van der Waals surface area contributed by atoms with Crippen molar-refractivity contribution in [3.63, 3.8) is 0 Å². The van der Waals surface area contributed by atoms with E-state index in [0.717, 1.165) is 24.3 Å². The monoisotopic (exact) mass is 467 g/mol. The zero-order valence-corrected chi connectivity index (χ0v) is 19.1. The van der Waals surface area contributed by atoms with Crippen LogP contribution in [0.1, 0.15) is 5.56 Å². The maximum atomic E-state index is 12.7. The van der Waals surface area contributed by atoms with Gasteiger partial charge in [-0.2, -0.15) is 5.10 Å². The molecule has 2 amide bonds. The minimum atomic E-state index is -0.135. The number of carbonyl (C=O) groups excluding carboxylic acids is 2. The lowest BCUT2D eigenvalue weighted by Crippen LogP contribution is -2.50. The summed E-state index contributed by atoms with van der Waals surface area (Å²) in [7, 11) is 0. The molecule has 0 atom stereocenters. The zero-order chi connectivity index (χ0) is 23.2. The van der Waals surface area contributed by atoms with Gasteiger partial charge in [-0.15, -0.1) is 0 Å². The maximum Gasteiger partial charge on any atom is 0.238 e. The molecule has 2 aromatic carbocycles. The van der Waals surface area contributed by atoms with E-state index in [9.17, 15) is 9.59 Å². The third-order valence-corrected chi connectivity index (χ3v) is 5.67. The van der Waals surface area contributed by atoms with Crippen LogP contribution in [0.4, 0.5) is 11.4 Å². The molecule has 0 unspecified atom stereocenters. The van der Waals surface area contributed by atoms with Crippen molar-refractivity contribution in [3.05, 3.63) is 65.7 Å². The van der Waals surface area contributed by atoms with Gasteiger partial charge in [0.15, 0.2) is 0 Å². The van der Waals surface area contributed by atoms with Crippen LogP contribution in [0, 0.1) is 6.92 Å². The number of carbonyl (C=O) groups is 2. The molecule has 0 aliphatic carbocycles. The van der Waals surface area contributed by atoms with Gasteiger partial charge in [-0.3, -0.25) is 19.4 Å². The summed E-state index contributed by atoms with van der Waals surface area (Å²) < 4.78 is 1.58. The molecule has 33 heavy (non-hydrogen) atoms. The Morgan fingerprint density at radius 3 is 2.18 bits per heavy atom. The smallest absolute Gasteiger partial charge is 0.238 e. The lowest BCUT2D eigenvalue weighted by molar-refractivity contribution is -0.120. The Balaban J connectivity index is 1.25. The predicted octanol–water partition coefficient (Wildman–Crippen LogP) is 2.42. The quantitative estimate of drug-likeness (QED) is 0.554. The average Bonchev–Trinajstić information content (AvgIpc) is 3.31. The standard InChI is InChI=1S/C23H26ClN7O2/c1-17-2-5-19(6-3-17)27-22(32)13-29-8-10-30(11-9-29)14-23(33)28-20-12-18(24)4-7-21(20)31-16-25-15-26-31/h2-7,12,15-16H,8-11,13-14H2,1H3,(H,27,32)(H,28,33). The average molecular weight is 468 g/mol. The van der Waals surface area contributed by atoms with Gasteiger partial charge in [0, 0.05) is 36.9 Å². The maximum absolute atomic E-state index is 12.7. The first-order chi connectivity index (χ1) is 16.0. The molecule has 0 saturated carbocycles. The van der Waals surface area contributed by atoms with Crippen LogP contribution in [0.2, 0.25) is 5.02 Å². The summed E-state index contributed by atoms with van der Waals surface area (Å²) in [5, 5.41) is 10.5. The summed E-state index contributed by atoms with van der Waals surface area (Å²) in [5.41, 5.74) is 3.21. The van der Waals surface area contributed by atoms with E-state index < -0.39 is 0 Å². The summed E-state index contributed by atoms with van der Waals surface area (Å²) >= 11 is 6.12. The van der Waals surface area contributed by atoms with Crippen LogP contribution in [-0.2, 0) is 9.59 Å². The second kappa shape index (κ2) is 10.6. The Morgan fingerprint density at radius 2 is 1.58 bits per heavy atom. The molecule has 1 aromatic heterocycles. The minimum Gasteiger partial charge on any atom is -0.325 e. The largest absolute Gasteiger partial charge is 0.325 e. The highest BCUT2D eigenvalue weighted by Gasteiger charge is 2.21. The van der Waals surface area contributed by atoms with Crippen LogP contribution in [0.3, 0.4) is 0 Å². The van der Waals surface area contributed by atoms with Crippen LogP contribution in [0.5, 0.6) is 0 Å². The second-order valence-corrected chi connectivity index (χ2v) is 8.45. The van der Waals surface area contributed by atoms with E-state index in [1.54, 1.807) is 29.2 Å². The summed E-state index contributed by atoms with van der Waals surface area (Å²) in [4.78, 5) is 33.1. The van der Waals surface area contributed by atoms with Gasteiger partial charge in [-0.1, -0.05) is 29.3 Å². The number of hydrogen-bond donors (Lipinski definition) is 2. The van der Waals surface area contributed by atoms with Gasteiger partial charge in [-0.25, -0.2) is 9.67 Å². The van der Waals surface area contributed by atoms with Gasteiger partial charge in [0.05, 0.1) is 24.5 Å². The molecule has 2 heterocycles. The lowest BCUT2D eigenvalue weighted by atomic mass is 10.2. The molecular formula is C23H26ClN7O2. The summed E-state index contributed by atoms with van der Waals surface area (Å²) in [6, 6.07) is 13.0. The number of aromatic nitrogens is 3. The van der Waals surface area contributed by atoms with Crippen LogP contribution in [-0.4, -0.2) is 75.6 Å². The van der Waals surface area contributed by atoms with Crippen molar-refractivity contribution in [1.29, 1.82) is 0 Å². The van der Waals surface area contributed by atoms with Gasteiger partial charge in [0.25, 0.3) is 0 Å². The molecule has 2 N–H and O–H groups in total. The summed E-state index contributed by atoms with van der Waals surface area (Å²) in [6.45, 7) is 5.44. The fraction of sp³-hybridized carbons (Fsp3) is 0.304. The number of hydrogen-bond acceptors (Lipinski definition) is 6. The molecule has 0 bridgehead atoms. The first kappa shape index (κ1) is 22.9. The van der Waals surface area contributed by atoms with Crippen molar-refractivity contribution in [2.75, 3.05) is 49.9 Å². The summed E-state index contributed by atoms with van der Waals surface area (Å²) in [6.07, 6.45) is 2.99. The Hall–Kier alpha value is -3.27. The van der Waals surface area contributed by atoms with Crippen LogP contribution < -0.4 is 10.6 Å². The molecule has 3 aromatic rings. The molecule has 1 aliphatic heterocycles. The van der Waals surface area contributed by atoms with Crippen LogP contribution >= 0.6 is 11.6 Å². The van der Waals surface area contributed by atoms with E-state index in [0.29, 0.717) is 36.0 Å². The molecule has 1 fully saturated rings. The van der Waals surface area contributed by atoms with Crippen molar-refractivity contribution in [1.82, 2.24) is 24.6 Å². The van der Waals surface area contributed by atoms with Crippen LogP contribution in [0.15, 0.2) is 55.1 Å². The van der Waals surface area contributed by atoms with E-state index in [1.807, 2.05) is 31.2 Å². The summed E-state index contributed by atoms with van der Waals surface area (Å²) in [5.74, 6) is -0.171. The third kappa shape index (κ3) is 6.38. The van der Waals surface area contributed by atoms with E-state index in [2.05, 4.69) is 30.5 Å². The Kier molecular flexibility index (Phi) is 7.33. The third-order valence-electron chi connectivity index (χ3n) is 5.43. The number of anilines is 2. The fourth-order valence-corrected chi connectivity index (χ4v) is 3.85. The number of amides is 2. The molecule has 0 radical (unpaired) electrons. The number of nitrogens with one attached hydrogen (secondary N) is 2. The highest BCUT2D eigenvalue weighted by Crippen LogP contribution is 2.24. The number of nitrogens with zero attached hydrogens (tertiary/aromatic N) is 5. The second-order valence-electron chi connectivity index (χ2n) is 8.02. The van der Waals surface area contributed by atoms with Gasteiger partial charge >= 0.3 is 0 Å². The Bertz CT molecular complexity index is 1090. The molecular weight excluding hydrogens is 442 g/mol. The normalized spacial score (nSPS) is 14.7. The molecule has 0 spiro atoms. The topological polar surface area (TPSA) is 95.4 Å². The molecule has 1 saturated heterocycles. The van der Waals surface area contributed by atoms with Crippen molar-refractivity contribution in [2.24, 2.45) is 0 Å². The van der Waals surface area contributed by atoms with Gasteiger partial charge < -0.3 is 10.6 Å². The Labute approximate surface area is 197 Å². The van der Waals surface area contributed by atoms with Crippen LogP contribution in [0.25, 0.3) is 5.69 Å². The van der Waals surface area contributed by atoms with E-state index in [-0.39, 0.29) is 18.4 Å². The van der Waals surface area contributed by atoms with Crippen molar-refractivity contribution >= 4 is 34.8 Å². The predicted molar refractivity (Wildman–Crippen MR) is 128 cm³/mol. The minimum absolute atomic E-state index is 0.0355. The Morgan fingerprint density at radius 1 is 0.939 bits per heavy atom. The zero-order valence-electron chi connectivity index (χ0n) is 18.4. The fourth-order valence-electron chi connectivity index (χ4n) is 3.68. The molecule has 172 valence electrons. The van der Waals surface area contributed by atoms with Gasteiger partial charge in [0.1, 0.15) is 12.7 Å². The number of piperazine rings is 1. The van der Waals surface area contributed by atoms with E-state index in [4.69, 9.17) is 11.6 Å². The SMILES string of the molecule is Cc1ccc(NC(=O)CN2CCN(CC(=O)Nc3cc(Cl)ccc3-n3cncn3)CC2)cc1. The molecule has 9 nitrogen and oxygen atoms in total. The van der Waals surface area contributed by atoms with Crippen molar-refractivity contribution in [3.8, 4) is 5.69 Å². The lowest BCUT2D eigenvalue weighted by Gasteiger charge is -2.33. The number of benzene rings is 2. The highest BCUT2D eigenvalue weighted by molar-refractivity contribution is 6.31. The first-order valence-electron chi connectivity index (χ1n) is 10.7. The van der Waals surface area contributed by atoms with E-state index >= 15 is 0 Å². The number of halogens is 1. The number of aryl methyl sites for hydroxylation is 1. The van der Waals surface area contributed by atoms with E-state index in [1.165, 1.54) is 6.33 Å². The number of rotatable bonds is 7. The van der Waals surface area contributed by atoms with Crippen molar-refractivity contribution < 1.29 is 9.59 Å². The van der Waals surface area contributed by atoms with Gasteiger partial charge in [0.2, 0.25) is 11.8 Å². The van der Waals surface area contributed by atoms with Crippen molar-refractivity contribution in [2.45, 2.75) is 6.92 Å². The van der Waals surface area contributed by atoms with Gasteiger partial charge in [-0.05, 0) is 37.3 Å². The molecule has 1 aliphatic rings. The molecule has 4 rings (SSSR count). The molecule has 10 heteroatoms.